The first-order valence-electron chi connectivity index (χ1n) is 10.1. The first-order chi connectivity index (χ1) is 14.0. The highest BCUT2D eigenvalue weighted by atomic mass is 16.2. The Balaban J connectivity index is 1.47. The number of benzene rings is 1. The molecule has 2 aromatic heterocycles. The van der Waals surface area contributed by atoms with Crippen LogP contribution in [-0.2, 0) is 30.7 Å². The Kier molecular flexibility index (Phi) is 5.34. The minimum absolute atomic E-state index is 0.109. The van der Waals surface area contributed by atoms with E-state index in [1.54, 1.807) is 22.9 Å². The molecule has 0 radical (unpaired) electrons. The Morgan fingerprint density at radius 1 is 1.24 bits per heavy atom. The number of nitrogens with zero attached hydrogens (tertiary/aromatic N) is 3. The second kappa shape index (κ2) is 8.07. The maximum Gasteiger partial charge on any atom is 0.274 e. The molecular weight excluding hydrogens is 364 g/mol. The van der Waals surface area contributed by atoms with Gasteiger partial charge in [-0.3, -0.25) is 9.59 Å². The summed E-state index contributed by atoms with van der Waals surface area (Å²) in [4.78, 5) is 30.3. The van der Waals surface area contributed by atoms with Crippen molar-refractivity contribution in [3.05, 3.63) is 81.8 Å². The number of carbonyl (C=O) groups is 1. The van der Waals surface area contributed by atoms with Crippen molar-refractivity contribution >= 4 is 11.6 Å². The van der Waals surface area contributed by atoms with Crippen LogP contribution >= 0.6 is 0 Å². The molecule has 1 unspecified atom stereocenters. The van der Waals surface area contributed by atoms with Crippen LogP contribution in [0.1, 0.15) is 36.0 Å². The summed E-state index contributed by atoms with van der Waals surface area (Å²) in [6.45, 7) is 5.37. The van der Waals surface area contributed by atoms with Crippen LogP contribution in [0, 0.1) is 12.8 Å². The van der Waals surface area contributed by atoms with Crippen LogP contribution in [-0.4, -0.2) is 20.0 Å². The van der Waals surface area contributed by atoms with Gasteiger partial charge >= 0.3 is 0 Å². The molecule has 3 aromatic rings. The van der Waals surface area contributed by atoms with Gasteiger partial charge in [0.25, 0.3) is 5.56 Å². The topological polar surface area (TPSA) is 68.9 Å². The normalized spacial score (nSPS) is 15.7. The summed E-state index contributed by atoms with van der Waals surface area (Å²) in [6, 6.07) is 11.6. The van der Waals surface area contributed by atoms with E-state index in [2.05, 4.69) is 28.0 Å². The van der Waals surface area contributed by atoms with Gasteiger partial charge in [0.2, 0.25) is 5.91 Å². The predicted molar refractivity (Wildman–Crippen MR) is 113 cm³/mol. The number of aromatic nitrogens is 3. The van der Waals surface area contributed by atoms with Gasteiger partial charge in [-0.2, -0.15) is 0 Å². The number of rotatable bonds is 5. The fraction of sp³-hybridized carbons (Fsp3) is 0.348. The lowest BCUT2D eigenvalue weighted by molar-refractivity contribution is -0.120. The first kappa shape index (κ1) is 19.2. The van der Waals surface area contributed by atoms with Gasteiger partial charge in [0.1, 0.15) is 11.5 Å². The van der Waals surface area contributed by atoms with E-state index in [1.165, 1.54) is 5.56 Å². The molecule has 3 heterocycles. The van der Waals surface area contributed by atoms with Crippen molar-refractivity contribution in [3.63, 3.8) is 0 Å². The summed E-state index contributed by atoms with van der Waals surface area (Å²) in [7, 11) is 0. The van der Waals surface area contributed by atoms with Gasteiger partial charge in [-0.15, -0.1) is 0 Å². The minimum Gasteiger partial charge on any atom is -0.335 e. The molecule has 29 heavy (non-hydrogen) atoms. The zero-order valence-electron chi connectivity index (χ0n) is 16.9. The second-order valence-electron chi connectivity index (χ2n) is 7.71. The van der Waals surface area contributed by atoms with Crippen LogP contribution in [0.4, 0.5) is 5.69 Å². The molecule has 4 rings (SSSR count). The lowest BCUT2D eigenvalue weighted by Crippen LogP contribution is -2.33. The van der Waals surface area contributed by atoms with Crippen LogP contribution in [0.25, 0.3) is 0 Å². The highest BCUT2D eigenvalue weighted by Crippen LogP contribution is 2.22. The summed E-state index contributed by atoms with van der Waals surface area (Å²) < 4.78 is 3.76. The molecule has 0 saturated carbocycles. The summed E-state index contributed by atoms with van der Waals surface area (Å²) in [5, 5.41) is 2.86. The summed E-state index contributed by atoms with van der Waals surface area (Å²) in [5.41, 5.74) is 3.43. The molecule has 0 fully saturated rings. The van der Waals surface area contributed by atoms with Crippen LogP contribution in [0.5, 0.6) is 0 Å². The molecule has 150 valence electrons. The number of hydrogen-bond donors (Lipinski definition) is 1. The van der Waals surface area contributed by atoms with Crippen molar-refractivity contribution in [2.45, 2.75) is 46.2 Å². The Hall–Kier alpha value is -3.15. The van der Waals surface area contributed by atoms with Gasteiger partial charge in [-0.25, -0.2) is 4.98 Å². The van der Waals surface area contributed by atoms with Gasteiger partial charge in [-0.05, 0) is 37.5 Å². The quantitative estimate of drug-likeness (QED) is 0.728. The smallest absolute Gasteiger partial charge is 0.274 e. The summed E-state index contributed by atoms with van der Waals surface area (Å²) >= 11 is 0. The zero-order valence-corrected chi connectivity index (χ0v) is 16.9. The minimum atomic E-state index is -0.188. The Labute approximate surface area is 170 Å². The third-order valence-electron chi connectivity index (χ3n) is 5.54. The van der Waals surface area contributed by atoms with Crippen molar-refractivity contribution in [1.29, 1.82) is 0 Å². The molecule has 0 bridgehead atoms. The van der Waals surface area contributed by atoms with Gasteiger partial charge in [0.05, 0.1) is 12.2 Å². The van der Waals surface area contributed by atoms with Crippen LogP contribution in [0.3, 0.4) is 0 Å². The molecule has 6 nitrogen and oxygen atoms in total. The number of amides is 1. The van der Waals surface area contributed by atoms with Crippen LogP contribution < -0.4 is 10.9 Å². The molecular formula is C23H26N4O2. The lowest BCUT2D eigenvalue weighted by atomic mass is 9.97. The van der Waals surface area contributed by atoms with Gasteiger partial charge in [-0.1, -0.05) is 36.8 Å². The third-order valence-corrected chi connectivity index (χ3v) is 5.54. The maximum absolute atomic E-state index is 12.8. The number of carbonyl (C=O) groups excluding carboxylic acids is 1. The number of fused-ring (bicyclic) bond motifs is 1. The van der Waals surface area contributed by atoms with Crippen molar-refractivity contribution in [1.82, 2.24) is 14.1 Å². The molecule has 0 aliphatic carbocycles. The van der Waals surface area contributed by atoms with Crippen LogP contribution in [0.15, 0.2) is 53.6 Å². The molecule has 1 amide bonds. The van der Waals surface area contributed by atoms with Gasteiger partial charge in [0.15, 0.2) is 0 Å². The largest absolute Gasteiger partial charge is 0.335 e. The third kappa shape index (κ3) is 4.16. The van der Waals surface area contributed by atoms with E-state index in [4.69, 9.17) is 0 Å². The lowest BCUT2D eigenvalue weighted by Gasteiger charge is -2.22. The molecule has 0 saturated heterocycles. The van der Waals surface area contributed by atoms with E-state index < -0.39 is 0 Å². The number of imidazole rings is 1. The summed E-state index contributed by atoms with van der Waals surface area (Å²) in [5.74, 6) is 0.681. The van der Waals surface area contributed by atoms with Gasteiger partial charge < -0.3 is 14.5 Å². The number of anilines is 1. The molecule has 1 aliphatic heterocycles. The van der Waals surface area contributed by atoms with Crippen molar-refractivity contribution < 1.29 is 4.79 Å². The number of nitrogens with one attached hydrogen (secondary N) is 1. The average molecular weight is 390 g/mol. The molecule has 1 atom stereocenters. The monoisotopic (exact) mass is 390 g/mol. The molecule has 0 spiro atoms. The fourth-order valence-electron chi connectivity index (χ4n) is 3.76. The first-order valence-corrected chi connectivity index (χ1v) is 10.1. The van der Waals surface area contributed by atoms with Crippen molar-refractivity contribution in [2.24, 2.45) is 5.92 Å². The zero-order chi connectivity index (χ0) is 20.4. The van der Waals surface area contributed by atoms with Crippen molar-refractivity contribution in [3.8, 4) is 0 Å². The Morgan fingerprint density at radius 3 is 2.79 bits per heavy atom. The molecule has 1 aliphatic rings. The second-order valence-corrected chi connectivity index (χ2v) is 7.71. The number of hydrogen-bond acceptors (Lipinski definition) is 3. The summed E-state index contributed by atoms with van der Waals surface area (Å²) in [6.07, 6.45) is 6.08. The average Bonchev–Trinajstić information content (AvgIpc) is 3.15. The number of pyridine rings is 1. The fourth-order valence-corrected chi connectivity index (χ4v) is 3.76. The maximum atomic E-state index is 12.8. The molecule has 6 heteroatoms. The van der Waals surface area contributed by atoms with E-state index in [0.717, 1.165) is 36.5 Å². The highest BCUT2D eigenvalue weighted by Gasteiger charge is 2.26. The van der Waals surface area contributed by atoms with Gasteiger partial charge in [0, 0.05) is 31.3 Å². The van der Waals surface area contributed by atoms with Crippen molar-refractivity contribution in [2.75, 3.05) is 5.32 Å². The van der Waals surface area contributed by atoms with E-state index in [1.807, 2.05) is 31.2 Å². The standard InChI is InChI=1S/C23H26N4O2/c1-3-19-15-26-12-10-18(13-21(26)24-19)22(28)25-20-5-4-11-27(23(20)29)14-17-8-6-16(2)7-9-17/h4-9,11,15,18H,3,10,12-14H2,1-2H3,(H,25,28). The Morgan fingerprint density at radius 2 is 2.03 bits per heavy atom. The molecule has 1 aromatic carbocycles. The van der Waals surface area contributed by atoms with E-state index in [-0.39, 0.29) is 17.4 Å². The molecule has 1 N–H and O–H groups in total. The van der Waals surface area contributed by atoms with E-state index in [0.29, 0.717) is 18.7 Å². The number of aryl methyl sites for hydroxylation is 3. The van der Waals surface area contributed by atoms with Crippen LogP contribution in [0.2, 0.25) is 0 Å². The van der Waals surface area contributed by atoms with E-state index in [9.17, 15) is 9.59 Å². The Bertz CT molecular complexity index is 1080. The predicted octanol–water partition coefficient (Wildman–Crippen LogP) is 3.17. The SMILES string of the molecule is CCc1cn2c(n1)CC(C(=O)Nc1cccn(Cc3ccc(C)cc3)c1=O)CC2. The highest BCUT2D eigenvalue weighted by molar-refractivity contribution is 5.92. The van der Waals surface area contributed by atoms with E-state index >= 15 is 0 Å².